The molecule has 0 bridgehead atoms. The second-order valence-corrected chi connectivity index (χ2v) is 11.2. The second kappa shape index (κ2) is 9.83. The van der Waals surface area contributed by atoms with Crippen LogP contribution in [-0.2, 0) is 29.0 Å². The Balaban J connectivity index is 1.89. The number of nitrogens with two attached hydrogens (primary N) is 1. The van der Waals surface area contributed by atoms with Crippen LogP contribution in [0, 0.1) is 17.8 Å². The first-order chi connectivity index (χ1) is 17.8. The Kier molecular flexibility index (Phi) is 7.20. The number of amides is 1. The second-order valence-electron chi connectivity index (χ2n) is 11.2. The van der Waals surface area contributed by atoms with Gasteiger partial charge >= 0.3 is 0 Å². The molecule has 0 spiro atoms. The van der Waals surface area contributed by atoms with Gasteiger partial charge in [-0.25, -0.2) is 0 Å². The molecule has 3 aliphatic carbocycles. The number of nitrogens with one attached hydrogen (secondary N) is 1. The fourth-order valence-corrected chi connectivity index (χ4v) is 6.40. The zero-order chi connectivity index (χ0) is 28.3. The van der Waals surface area contributed by atoms with Crippen LogP contribution in [0.25, 0.3) is 0 Å². The Morgan fingerprint density at radius 3 is 2.42 bits per heavy atom. The van der Waals surface area contributed by atoms with Crippen LogP contribution < -0.4 is 11.1 Å². The highest BCUT2D eigenvalue weighted by atomic mass is 16.3. The van der Waals surface area contributed by atoms with E-state index >= 15 is 0 Å². The smallest absolute Gasteiger partial charge is 0.255 e. The maximum atomic E-state index is 13.9. The average molecular weight is 528 g/mol. The number of primary amides is 1. The number of nitrogens with zero attached hydrogens (tertiary/aromatic N) is 1. The average Bonchev–Trinajstić information content (AvgIpc) is 2.82. The van der Waals surface area contributed by atoms with Crippen molar-refractivity contribution in [3.8, 4) is 5.75 Å². The van der Waals surface area contributed by atoms with Gasteiger partial charge in [-0.05, 0) is 62.9 Å². The number of rotatable bonds is 7. The van der Waals surface area contributed by atoms with Crippen LogP contribution in [0.3, 0.4) is 0 Å². The third-order valence-corrected chi connectivity index (χ3v) is 8.14. The van der Waals surface area contributed by atoms with Crippen LogP contribution in [0.2, 0.25) is 0 Å². The molecule has 0 saturated carbocycles. The van der Waals surface area contributed by atoms with Crippen LogP contribution >= 0.6 is 0 Å². The first-order valence-electron chi connectivity index (χ1n) is 13.0. The molecule has 1 aromatic rings. The van der Waals surface area contributed by atoms with E-state index in [-0.39, 0.29) is 23.3 Å². The third-order valence-electron chi connectivity index (χ3n) is 8.14. The van der Waals surface area contributed by atoms with E-state index in [9.17, 15) is 34.8 Å². The topological polar surface area (TPSA) is 173 Å². The quantitative estimate of drug-likeness (QED) is 0.287. The molecular formula is C28H37N3O7. The van der Waals surface area contributed by atoms with E-state index in [0.29, 0.717) is 43.0 Å². The van der Waals surface area contributed by atoms with Crippen molar-refractivity contribution in [2.24, 2.45) is 23.5 Å². The highest BCUT2D eigenvalue weighted by Gasteiger charge is 2.63. The van der Waals surface area contributed by atoms with Crippen LogP contribution in [0.5, 0.6) is 5.75 Å². The summed E-state index contributed by atoms with van der Waals surface area (Å²) in [5, 5.41) is 48.4. The highest BCUT2D eigenvalue weighted by Crippen LogP contribution is 2.52. The normalized spacial score (nSPS) is 27.1. The van der Waals surface area contributed by atoms with Gasteiger partial charge in [-0.2, -0.15) is 0 Å². The monoisotopic (exact) mass is 527 g/mol. The molecule has 0 heterocycles. The maximum Gasteiger partial charge on any atom is 0.255 e. The molecule has 0 radical (unpaired) electrons. The zero-order valence-electron chi connectivity index (χ0n) is 22.5. The minimum atomic E-state index is -2.63. The molecule has 4 atom stereocenters. The molecule has 0 fully saturated rings. The number of fused-ring (bicyclic) bond motifs is 3. The number of aliphatic hydroxyl groups excluding tert-OH is 2. The minimum Gasteiger partial charge on any atom is -0.510 e. The molecule has 0 saturated heterocycles. The van der Waals surface area contributed by atoms with E-state index in [1.54, 1.807) is 14.1 Å². The van der Waals surface area contributed by atoms with Crippen molar-refractivity contribution in [3.63, 3.8) is 0 Å². The number of hydrogen-bond acceptors (Lipinski definition) is 9. The summed E-state index contributed by atoms with van der Waals surface area (Å²) in [5.74, 6) is -5.98. The van der Waals surface area contributed by atoms with Gasteiger partial charge in [0.1, 0.15) is 22.8 Å². The summed E-state index contributed by atoms with van der Waals surface area (Å²) in [5.41, 5.74) is 3.97. The van der Waals surface area contributed by atoms with Gasteiger partial charge in [0.25, 0.3) is 5.91 Å². The lowest BCUT2D eigenvalue weighted by molar-refractivity contribution is -0.148. The molecule has 0 unspecified atom stereocenters. The minimum absolute atomic E-state index is 0.0616. The van der Waals surface area contributed by atoms with Crippen LogP contribution in [0.15, 0.2) is 28.7 Å². The zero-order valence-corrected chi connectivity index (χ0v) is 22.5. The fourth-order valence-electron chi connectivity index (χ4n) is 6.40. The van der Waals surface area contributed by atoms with E-state index in [0.717, 1.165) is 5.56 Å². The molecule has 1 aromatic carbocycles. The lowest BCUT2D eigenvalue weighted by Crippen LogP contribution is -2.63. The molecule has 10 heteroatoms. The predicted octanol–water partition coefficient (Wildman–Crippen LogP) is 1.43. The van der Waals surface area contributed by atoms with Crippen molar-refractivity contribution in [3.05, 3.63) is 51.0 Å². The molecule has 3 aliphatic rings. The van der Waals surface area contributed by atoms with Gasteiger partial charge in [0, 0.05) is 23.6 Å². The summed E-state index contributed by atoms with van der Waals surface area (Å²) in [7, 11) is 3.21. The molecule has 206 valence electrons. The Morgan fingerprint density at radius 2 is 1.87 bits per heavy atom. The van der Waals surface area contributed by atoms with Gasteiger partial charge < -0.3 is 31.5 Å². The molecule has 4 rings (SSSR count). The Labute approximate surface area is 221 Å². The summed E-state index contributed by atoms with van der Waals surface area (Å²) in [6.45, 7) is 7.13. The number of phenols is 1. The third kappa shape index (κ3) is 4.02. The standard InChI is InChI=1S/C28H37N3O7/c1-6-13-7-15(11-30-10-12(2)3)22(32)19-16(13)8-14-9-17-21(31(4)5)24(34)20(27(29)37)26(36)28(17,38)25(35)18(14)23(19)33/h7,12,14,17,21,30,32,34-35,38H,6,8-11H2,1-5H3,(H2,29,37)/t14-,17-,21-,28-/m1/s1. The highest BCUT2D eigenvalue weighted by molar-refractivity contribution is 6.24. The van der Waals surface area contributed by atoms with E-state index in [4.69, 9.17) is 5.73 Å². The summed E-state index contributed by atoms with van der Waals surface area (Å²) in [4.78, 5) is 40.9. The number of phenolic OH excluding ortho intramolecular Hbond substituents is 1. The van der Waals surface area contributed by atoms with Gasteiger partial charge in [0.05, 0.1) is 11.6 Å². The largest absolute Gasteiger partial charge is 0.510 e. The van der Waals surface area contributed by atoms with Gasteiger partial charge in [-0.15, -0.1) is 0 Å². The Hall–Kier alpha value is -3.21. The molecule has 0 aliphatic heterocycles. The predicted molar refractivity (Wildman–Crippen MR) is 140 cm³/mol. The number of carbonyl (C=O) groups is 3. The van der Waals surface area contributed by atoms with Crippen molar-refractivity contribution in [2.75, 3.05) is 20.6 Å². The van der Waals surface area contributed by atoms with Crippen LogP contribution in [0.4, 0.5) is 0 Å². The van der Waals surface area contributed by atoms with Crippen LogP contribution in [0.1, 0.15) is 54.2 Å². The van der Waals surface area contributed by atoms with E-state index in [1.165, 1.54) is 4.90 Å². The molecule has 1 amide bonds. The summed E-state index contributed by atoms with van der Waals surface area (Å²) in [6.07, 6.45) is 0.987. The number of likely N-dealkylation sites (N-methyl/N-ethyl adjacent to an activating group) is 1. The number of benzene rings is 1. The fraction of sp³-hybridized carbons (Fsp3) is 0.536. The summed E-state index contributed by atoms with van der Waals surface area (Å²) in [6, 6.07) is 0.886. The summed E-state index contributed by atoms with van der Waals surface area (Å²) < 4.78 is 0. The van der Waals surface area contributed by atoms with Crippen molar-refractivity contribution >= 4 is 17.5 Å². The van der Waals surface area contributed by atoms with Crippen LogP contribution in [-0.4, -0.2) is 75.1 Å². The molecule has 38 heavy (non-hydrogen) atoms. The summed E-state index contributed by atoms with van der Waals surface area (Å²) >= 11 is 0. The van der Waals surface area contributed by atoms with E-state index in [1.807, 2.05) is 13.0 Å². The SMILES string of the molecule is CCc1cc(CNCC(C)C)c(O)c2c1C[C@@H]1C[C@@H]3[C@@H](N(C)C)C(O)=C(C(N)=O)C(=O)[C@]3(O)C(O)=C1C2=O. The number of hydrogen-bond donors (Lipinski definition) is 6. The Morgan fingerprint density at radius 1 is 1.21 bits per heavy atom. The molecule has 7 N–H and O–H groups in total. The number of ketones is 2. The number of carbonyl (C=O) groups excluding carboxylic acids is 3. The molecule has 0 aromatic heterocycles. The number of allylic oxidation sites excluding steroid dienone is 1. The number of Topliss-reactive ketones (excluding diaryl/α,β-unsaturated/α-hetero) is 2. The lowest BCUT2D eigenvalue weighted by atomic mass is 9.58. The van der Waals surface area contributed by atoms with E-state index < -0.39 is 58.0 Å². The number of aryl methyl sites for hydroxylation is 1. The van der Waals surface area contributed by atoms with Crippen molar-refractivity contribution < 1.29 is 34.8 Å². The van der Waals surface area contributed by atoms with Gasteiger partial charge in [0.15, 0.2) is 11.4 Å². The van der Waals surface area contributed by atoms with Crippen molar-refractivity contribution in [1.29, 1.82) is 0 Å². The van der Waals surface area contributed by atoms with Gasteiger partial charge in [-0.3, -0.25) is 19.3 Å². The van der Waals surface area contributed by atoms with Gasteiger partial charge in [-0.1, -0.05) is 26.8 Å². The lowest BCUT2D eigenvalue weighted by Gasteiger charge is -2.50. The first kappa shape index (κ1) is 27.8. The Bertz CT molecular complexity index is 1280. The number of aliphatic hydroxyl groups is 3. The first-order valence-corrected chi connectivity index (χ1v) is 13.0. The maximum absolute atomic E-state index is 13.9. The van der Waals surface area contributed by atoms with Crippen molar-refractivity contribution in [2.45, 2.75) is 58.2 Å². The van der Waals surface area contributed by atoms with E-state index in [2.05, 4.69) is 19.2 Å². The van der Waals surface area contributed by atoms with Gasteiger partial charge in [0.2, 0.25) is 5.78 Å². The molecule has 10 nitrogen and oxygen atoms in total. The van der Waals surface area contributed by atoms with Crippen molar-refractivity contribution in [1.82, 2.24) is 10.2 Å². The molecular weight excluding hydrogens is 490 g/mol. The number of aromatic hydroxyl groups is 1.